The van der Waals surface area contributed by atoms with Gasteiger partial charge in [0.25, 0.3) is 0 Å². The van der Waals surface area contributed by atoms with Crippen molar-refractivity contribution < 1.29 is 9.53 Å². The first kappa shape index (κ1) is 12.7. The van der Waals surface area contributed by atoms with Crippen LogP contribution < -0.4 is 15.0 Å². The molecular weight excluding hydrogens is 228 g/mol. The zero-order valence-corrected chi connectivity index (χ0v) is 11.2. The monoisotopic (exact) mass is 248 g/mol. The van der Waals surface area contributed by atoms with Crippen LogP contribution in [-0.2, 0) is 0 Å². The van der Waals surface area contributed by atoms with Crippen molar-refractivity contribution in [3.63, 3.8) is 0 Å². The second-order valence-electron chi connectivity index (χ2n) is 4.66. The van der Waals surface area contributed by atoms with E-state index < -0.39 is 0 Å². The maximum atomic E-state index is 12.1. The first-order chi connectivity index (χ1) is 8.63. The molecular formula is C14H20N2O2. The number of carbonyl (C=O) groups is 1. The van der Waals surface area contributed by atoms with Gasteiger partial charge in [0.15, 0.2) is 0 Å². The van der Waals surface area contributed by atoms with Gasteiger partial charge in [-0.1, -0.05) is 13.0 Å². The topological polar surface area (TPSA) is 41.6 Å². The number of benzene rings is 1. The third-order valence-corrected chi connectivity index (χ3v) is 3.02. The lowest BCUT2D eigenvalue weighted by Gasteiger charge is -2.31. The molecule has 1 aromatic rings. The fourth-order valence-corrected chi connectivity index (χ4v) is 2.27. The zero-order valence-electron chi connectivity index (χ0n) is 11.2. The van der Waals surface area contributed by atoms with Gasteiger partial charge >= 0.3 is 6.03 Å². The Labute approximate surface area is 108 Å². The van der Waals surface area contributed by atoms with Gasteiger partial charge in [0.2, 0.25) is 0 Å². The van der Waals surface area contributed by atoms with Crippen LogP contribution in [0.1, 0.15) is 24.5 Å². The molecule has 0 bridgehead atoms. The second kappa shape index (κ2) is 5.29. The minimum atomic E-state index is -0.0339. The number of hydrogen-bond acceptors (Lipinski definition) is 2. The van der Waals surface area contributed by atoms with Crippen molar-refractivity contribution in [2.45, 2.75) is 27.2 Å². The van der Waals surface area contributed by atoms with Crippen molar-refractivity contribution in [3.05, 3.63) is 23.3 Å². The summed E-state index contributed by atoms with van der Waals surface area (Å²) in [6.45, 7) is 7.95. The highest BCUT2D eigenvalue weighted by molar-refractivity contribution is 5.95. The van der Waals surface area contributed by atoms with Crippen molar-refractivity contribution in [3.8, 4) is 5.75 Å². The number of ether oxygens (including phenoxy) is 1. The number of fused-ring (bicyclic) bond motifs is 1. The van der Waals surface area contributed by atoms with Gasteiger partial charge in [-0.15, -0.1) is 0 Å². The first-order valence-electron chi connectivity index (χ1n) is 6.43. The Bertz CT molecular complexity index is 457. The van der Waals surface area contributed by atoms with Crippen molar-refractivity contribution in [1.29, 1.82) is 0 Å². The predicted molar refractivity (Wildman–Crippen MR) is 72.4 cm³/mol. The molecule has 1 aliphatic heterocycles. The molecule has 0 aromatic heterocycles. The largest absolute Gasteiger partial charge is 0.490 e. The van der Waals surface area contributed by atoms with Crippen molar-refractivity contribution in [1.82, 2.24) is 5.32 Å². The van der Waals surface area contributed by atoms with E-state index in [0.717, 1.165) is 29.0 Å². The highest BCUT2D eigenvalue weighted by atomic mass is 16.5. The molecule has 0 fully saturated rings. The standard InChI is InChI=1S/C14H20N2O2/c1-4-5-15-14(17)16-6-7-18-12-9-10(2)8-11(3)13(12)16/h8-9H,4-7H2,1-3H3,(H,15,17). The molecule has 2 rings (SSSR count). The third-order valence-electron chi connectivity index (χ3n) is 3.02. The lowest BCUT2D eigenvalue weighted by Crippen LogP contribution is -2.45. The van der Waals surface area contributed by atoms with Crippen LogP contribution >= 0.6 is 0 Å². The Hall–Kier alpha value is -1.71. The van der Waals surface area contributed by atoms with Crippen molar-refractivity contribution >= 4 is 11.7 Å². The number of aryl methyl sites for hydroxylation is 2. The van der Waals surface area contributed by atoms with Gasteiger partial charge in [-0.05, 0) is 37.5 Å². The van der Waals surface area contributed by atoms with Crippen LogP contribution in [0, 0.1) is 13.8 Å². The fourth-order valence-electron chi connectivity index (χ4n) is 2.27. The molecule has 18 heavy (non-hydrogen) atoms. The van der Waals surface area contributed by atoms with E-state index in [1.165, 1.54) is 0 Å². The van der Waals surface area contributed by atoms with E-state index in [4.69, 9.17) is 4.74 Å². The second-order valence-corrected chi connectivity index (χ2v) is 4.66. The summed E-state index contributed by atoms with van der Waals surface area (Å²) < 4.78 is 5.65. The Kier molecular flexibility index (Phi) is 3.75. The minimum absolute atomic E-state index is 0.0339. The summed E-state index contributed by atoms with van der Waals surface area (Å²) in [5, 5.41) is 2.92. The Morgan fingerprint density at radius 3 is 2.94 bits per heavy atom. The molecule has 4 heteroatoms. The number of nitrogens with zero attached hydrogens (tertiary/aromatic N) is 1. The van der Waals surface area contributed by atoms with Gasteiger partial charge in [0.1, 0.15) is 12.4 Å². The molecule has 0 radical (unpaired) electrons. The van der Waals surface area contributed by atoms with Gasteiger partial charge in [-0.2, -0.15) is 0 Å². The summed E-state index contributed by atoms with van der Waals surface area (Å²) in [5.41, 5.74) is 3.14. The zero-order chi connectivity index (χ0) is 13.1. The van der Waals surface area contributed by atoms with Crippen LogP contribution in [-0.4, -0.2) is 25.7 Å². The van der Waals surface area contributed by atoms with Gasteiger partial charge in [-0.25, -0.2) is 4.79 Å². The number of hydrogen-bond donors (Lipinski definition) is 1. The smallest absolute Gasteiger partial charge is 0.322 e. The van der Waals surface area contributed by atoms with E-state index in [0.29, 0.717) is 19.7 Å². The SMILES string of the molecule is CCCNC(=O)N1CCOc2cc(C)cc(C)c21. The molecule has 4 nitrogen and oxygen atoms in total. The molecule has 1 heterocycles. The van der Waals surface area contributed by atoms with E-state index >= 15 is 0 Å². The van der Waals surface area contributed by atoms with Gasteiger partial charge in [0, 0.05) is 6.54 Å². The van der Waals surface area contributed by atoms with Crippen LogP contribution in [0.5, 0.6) is 5.75 Å². The van der Waals surface area contributed by atoms with Crippen LogP contribution in [0.3, 0.4) is 0 Å². The quantitative estimate of drug-likeness (QED) is 0.874. The highest BCUT2D eigenvalue weighted by Crippen LogP contribution is 2.35. The molecule has 98 valence electrons. The lowest BCUT2D eigenvalue weighted by molar-refractivity contribution is 0.240. The van der Waals surface area contributed by atoms with E-state index in [2.05, 4.69) is 11.4 Å². The molecule has 0 saturated heterocycles. The van der Waals surface area contributed by atoms with E-state index in [1.54, 1.807) is 4.90 Å². The molecule has 0 spiro atoms. The summed E-state index contributed by atoms with van der Waals surface area (Å²) in [4.78, 5) is 13.9. The number of anilines is 1. The van der Waals surface area contributed by atoms with Crippen LogP contribution in [0.4, 0.5) is 10.5 Å². The van der Waals surface area contributed by atoms with Gasteiger partial charge in [-0.3, -0.25) is 4.90 Å². The van der Waals surface area contributed by atoms with Crippen molar-refractivity contribution in [2.75, 3.05) is 24.6 Å². The van der Waals surface area contributed by atoms with Gasteiger partial charge in [0.05, 0.1) is 12.2 Å². The van der Waals surface area contributed by atoms with Crippen LogP contribution in [0.2, 0.25) is 0 Å². The maximum absolute atomic E-state index is 12.1. The normalized spacial score (nSPS) is 13.8. The fraction of sp³-hybridized carbons (Fsp3) is 0.500. The molecule has 2 amide bonds. The predicted octanol–water partition coefficient (Wildman–Crippen LogP) is 2.62. The van der Waals surface area contributed by atoms with Crippen LogP contribution in [0.15, 0.2) is 12.1 Å². The summed E-state index contributed by atoms with van der Waals surface area (Å²) in [6.07, 6.45) is 0.940. The maximum Gasteiger partial charge on any atom is 0.322 e. The third kappa shape index (κ3) is 2.42. The minimum Gasteiger partial charge on any atom is -0.490 e. The molecule has 1 aromatic carbocycles. The van der Waals surface area contributed by atoms with E-state index in [1.807, 2.05) is 26.8 Å². The summed E-state index contributed by atoms with van der Waals surface area (Å²) >= 11 is 0. The summed E-state index contributed by atoms with van der Waals surface area (Å²) in [5.74, 6) is 0.811. The molecule has 1 aliphatic rings. The van der Waals surface area contributed by atoms with Crippen LogP contribution in [0.25, 0.3) is 0 Å². The average molecular weight is 248 g/mol. The van der Waals surface area contributed by atoms with Crippen molar-refractivity contribution in [2.24, 2.45) is 0 Å². The lowest BCUT2D eigenvalue weighted by atomic mass is 10.1. The number of carbonyl (C=O) groups excluding carboxylic acids is 1. The number of urea groups is 1. The van der Waals surface area contributed by atoms with E-state index in [-0.39, 0.29) is 6.03 Å². The highest BCUT2D eigenvalue weighted by Gasteiger charge is 2.25. The molecule has 0 saturated carbocycles. The molecule has 0 aliphatic carbocycles. The number of rotatable bonds is 2. The Balaban J connectivity index is 2.30. The summed E-state index contributed by atoms with van der Waals surface area (Å²) in [6, 6.07) is 4.03. The van der Waals surface area contributed by atoms with Gasteiger partial charge < -0.3 is 10.1 Å². The number of amides is 2. The Morgan fingerprint density at radius 1 is 1.44 bits per heavy atom. The first-order valence-corrected chi connectivity index (χ1v) is 6.43. The molecule has 0 atom stereocenters. The molecule has 0 unspecified atom stereocenters. The average Bonchev–Trinajstić information content (AvgIpc) is 2.34. The van der Waals surface area contributed by atoms with E-state index in [9.17, 15) is 4.79 Å². The Morgan fingerprint density at radius 2 is 2.22 bits per heavy atom. The summed E-state index contributed by atoms with van der Waals surface area (Å²) in [7, 11) is 0. The number of nitrogens with one attached hydrogen (secondary N) is 1. The molecule has 1 N–H and O–H groups in total.